The average Bonchev–Trinajstić information content (AvgIpc) is 1.71. The molecule has 56 nitrogen and oxygen atoms in total. The summed E-state index contributed by atoms with van der Waals surface area (Å²) in [5.74, 6) is -6.57. The lowest BCUT2D eigenvalue weighted by Gasteiger charge is -2.33. The van der Waals surface area contributed by atoms with Gasteiger partial charge >= 0.3 is 0 Å². The van der Waals surface area contributed by atoms with Crippen molar-refractivity contribution in [1.29, 1.82) is 0 Å². The molecule has 1 aliphatic heterocycles. The summed E-state index contributed by atoms with van der Waals surface area (Å²) in [6, 6.07) is 0.970. The number of carbonyl (C=O) groups excluding carboxylic acids is 9. The van der Waals surface area contributed by atoms with Crippen LogP contribution in [0, 0.1) is 5.92 Å². The number of nitrogens with two attached hydrogens (primary N) is 1. The molecule has 0 aliphatic carbocycles. The highest BCUT2D eigenvalue weighted by Gasteiger charge is 2.39. The van der Waals surface area contributed by atoms with Crippen LogP contribution in [0.2, 0.25) is 0 Å². The Morgan fingerprint density at radius 2 is 0.617 bits per heavy atom. The van der Waals surface area contributed by atoms with Crippen molar-refractivity contribution < 1.29 is 221 Å². The molecule has 20 atom stereocenters. The van der Waals surface area contributed by atoms with Crippen LogP contribution < -0.4 is 43.0 Å². The second kappa shape index (κ2) is 86.0. The van der Waals surface area contributed by atoms with E-state index >= 15 is 0 Å². The molecule has 1 aliphatic rings. The van der Waals surface area contributed by atoms with Gasteiger partial charge in [0.15, 0.2) is 0 Å². The average molecular weight is 2160 g/mol. The van der Waals surface area contributed by atoms with Crippen LogP contribution in [0.15, 0.2) is 36.4 Å². The minimum Gasteiger partial charge on any atom is -0.399 e. The number of hydrogen-bond acceptors (Lipinski definition) is 48. The fraction of sp³-hybridized carbons (Fsp3) is 0.817. The predicted molar refractivity (Wildman–Crippen MR) is 522 cm³/mol. The minimum absolute atomic E-state index is 0.0129. The molecule has 29 N–H and O–H groups in total. The van der Waals surface area contributed by atoms with Crippen LogP contribution in [0.1, 0.15) is 65.7 Å². The first-order chi connectivity index (χ1) is 71.4. The highest BCUT2D eigenvalue weighted by atomic mass is 16.6. The van der Waals surface area contributed by atoms with E-state index in [0.29, 0.717) is 24.2 Å². The van der Waals surface area contributed by atoms with Crippen LogP contribution in [0.5, 0.6) is 0 Å². The maximum absolute atomic E-state index is 14.3. The summed E-state index contributed by atoms with van der Waals surface area (Å²) in [7, 11) is 0. The van der Waals surface area contributed by atoms with E-state index in [1.54, 1.807) is 38.1 Å². The molecular weight excluding hydrogens is 1990 g/mol. The molecule has 1 heterocycles. The van der Waals surface area contributed by atoms with E-state index in [1.807, 2.05) is 0 Å². The number of nitrogens with one attached hydrogen (secondary N) is 7. The summed E-state index contributed by atoms with van der Waals surface area (Å²) in [5, 5.41) is 217. The van der Waals surface area contributed by atoms with Crippen LogP contribution in [0.4, 0.5) is 11.4 Å². The summed E-state index contributed by atoms with van der Waals surface area (Å²) < 4.78 is 88.8. The molecule has 149 heavy (non-hydrogen) atoms. The second-order valence-electron chi connectivity index (χ2n) is 34.7. The van der Waals surface area contributed by atoms with Crippen molar-refractivity contribution >= 4 is 64.5 Å². The number of aliphatic hydroxyl groups excluding tert-OH is 20. The molecule has 0 unspecified atom stereocenters. The fourth-order valence-corrected chi connectivity index (χ4v) is 13.5. The number of anilines is 2. The van der Waals surface area contributed by atoms with Crippen LogP contribution in [0.25, 0.3) is 0 Å². The monoisotopic (exact) mass is 2160 g/mol. The van der Waals surface area contributed by atoms with Gasteiger partial charge in [0.05, 0.1) is 269 Å². The molecule has 1 aromatic rings. The third kappa shape index (κ3) is 64.6. The Hall–Kier alpha value is -7.33. The number of rotatable bonds is 99. The summed E-state index contributed by atoms with van der Waals surface area (Å²) in [4.78, 5) is 124. The maximum Gasteiger partial charge on any atom is 0.253 e. The van der Waals surface area contributed by atoms with E-state index in [4.69, 9.17) is 102 Å². The van der Waals surface area contributed by atoms with Crippen molar-refractivity contribution in [2.24, 2.45) is 5.92 Å². The smallest absolute Gasteiger partial charge is 0.253 e. The van der Waals surface area contributed by atoms with Gasteiger partial charge in [0, 0.05) is 95.3 Å². The molecular formula is C93H169N11O45. The molecule has 0 aromatic heterocycles. The van der Waals surface area contributed by atoms with Crippen LogP contribution in [-0.2, 0) is 119 Å². The quantitative estimate of drug-likeness (QED) is 0.0164. The number of imide groups is 1. The molecule has 0 bridgehead atoms. The maximum atomic E-state index is 14.3. The fourth-order valence-electron chi connectivity index (χ4n) is 13.5. The van der Waals surface area contributed by atoms with E-state index in [0.717, 1.165) is 17.1 Å². The second-order valence-corrected chi connectivity index (χ2v) is 34.7. The standard InChI is InChI=1S/C93H169N11O45/c1-62(2)81(93(133)97-63(3)90(130)98-65-10-8-64(94)9-11-65)101-92(132)66(99-76(117)7-5-4-6-18-104-79(120)14-15-80(104)121)12-13-77(118)100-67(91(131)96-17-22-135-26-30-139-34-38-143-42-46-147-50-52-149-48-44-145-40-36-141-32-28-137-24-20-103(56-70(111)84(124)88(128)74(115)60-107)57-71(112)85(125)89(129)75(116)61-108)53-78(119)95-16-21-134-25-29-138-33-37-142-41-45-146-49-51-148-47-43-144-39-35-140-31-27-136-23-19-102(54-68(109)82(122)86(126)72(113)58-105)55-69(110)83(123)87(127)73(114)59-106/h8-11,14-15,62-63,66-75,81-89,105-116,122-129H,4-7,12-13,16-61,94H2,1-3H3,(H,95,119)(H,96,131)(H,97,133)(H,98,130)(H,99,117)(H,100,118)(H,101,132)/t63-,66-,67-,68-,69-,70-,71-,72+,73+,74+,75+,81-,82+,83+,84+,85+,86+,87+,88+,89+/m0/s1. The molecule has 1 aromatic carbocycles. The van der Waals surface area contributed by atoms with E-state index < -0.39 is 246 Å². The highest BCUT2D eigenvalue weighted by Crippen LogP contribution is 2.18. The number of carbonyl (C=O) groups is 9. The van der Waals surface area contributed by atoms with Crippen LogP contribution >= 0.6 is 0 Å². The van der Waals surface area contributed by atoms with Gasteiger partial charge in [-0.15, -0.1) is 0 Å². The van der Waals surface area contributed by atoms with Gasteiger partial charge in [0.2, 0.25) is 41.4 Å². The molecule has 0 saturated heterocycles. The molecule has 0 radical (unpaired) electrons. The zero-order valence-corrected chi connectivity index (χ0v) is 85.4. The van der Waals surface area contributed by atoms with E-state index in [9.17, 15) is 125 Å². The van der Waals surface area contributed by atoms with Crippen molar-refractivity contribution in [2.45, 2.75) is 188 Å². The first-order valence-electron chi connectivity index (χ1n) is 49.9. The Kier molecular flexibility index (Phi) is 79.5. The number of nitrogen functional groups attached to an aromatic ring is 1. The van der Waals surface area contributed by atoms with E-state index in [-0.39, 0.29) is 263 Å². The lowest BCUT2D eigenvalue weighted by molar-refractivity contribution is -0.137. The van der Waals surface area contributed by atoms with Gasteiger partial charge in [0.25, 0.3) is 11.8 Å². The number of amides is 9. The van der Waals surface area contributed by atoms with Gasteiger partial charge in [-0.3, -0.25) is 57.9 Å². The lowest BCUT2D eigenvalue weighted by Crippen LogP contribution is -2.57. The molecule has 0 fully saturated rings. The van der Waals surface area contributed by atoms with Gasteiger partial charge in [-0.25, -0.2) is 0 Å². The topological polar surface area (TPSA) is 826 Å². The number of benzene rings is 1. The Bertz CT molecular complexity index is 3600. The van der Waals surface area contributed by atoms with E-state index in [2.05, 4.69) is 37.2 Å². The Morgan fingerprint density at radius 1 is 0.322 bits per heavy atom. The number of unbranched alkanes of at least 4 members (excludes halogenated alkanes) is 2. The van der Waals surface area contributed by atoms with Gasteiger partial charge in [-0.2, -0.15) is 0 Å². The molecule has 2 rings (SSSR count). The summed E-state index contributed by atoms with van der Waals surface area (Å²) in [5.41, 5.74) is 6.64. The zero-order valence-electron chi connectivity index (χ0n) is 85.4. The highest BCUT2D eigenvalue weighted by molar-refractivity contribution is 6.12. The van der Waals surface area contributed by atoms with Gasteiger partial charge in [0.1, 0.15) is 97.4 Å². The molecule has 56 heteroatoms. The summed E-state index contributed by atoms with van der Waals surface area (Å²) >= 11 is 0. The molecule has 866 valence electrons. The first kappa shape index (κ1) is 138. The SMILES string of the molecule is CC(C)[C@H](NC(=O)[C@H](CCC(=O)N[C@@H](CC(=O)NCCOCCOCCOCCOCCOCCOCCOCCOCCN(C[C@H](O)[C@@H](O)[C@H](O)[C@H](O)CO)C[C@H](O)[C@@H](O)[C@H](O)[C@H](O)CO)C(=O)NCCOCCOCCOCCOCCOCCOCCOCCOCCN(C[C@H](O)[C@@H](O)[C@H](O)[C@H](O)CO)C[C@H](O)[C@@H](O)[C@H](O)[C@H](O)CO)NC(=O)CCCCCN1C(=O)C=CC1=O)C(=O)N[C@@H](C)C(=O)Nc1ccc(N)cc1. The number of ether oxygens (including phenoxy) is 16. The number of hydrogen-bond donors (Lipinski definition) is 28. The van der Waals surface area contributed by atoms with Crippen molar-refractivity contribution in [1.82, 2.24) is 46.6 Å². The van der Waals surface area contributed by atoms with Gasteiger partial charge < -0.3 is 221 Å². The minimum atomic E-state index is -1.93. The summed E-state index contributed by atoms with van der Waals surface area (Å²) in [6.07, 6.45) is -27.6. The van der Waals surface area contributed by atoms with Crippen molar-refractivity contribution in [3.05, 3.63) is 36.4 Å². The third-order valence-corrected chi connectivity index (χ3v) is 22.2. The van der Waals surface area contributed by atoms with Crippen molar-refractivity contribution in [3.8, 4) is 0 Å². The molecule has 0 spiro atoms. The Morgan fingerprint density at radius 3 is 0.940 bits per heavy atom. The van der Waals surface area contributed by atoms with Gasteiger partial charge in [-0.05, 0) is 56.4 Å². The largest absolute Gasteiger partial charge is 0.399 e. The predicted octanol–water partition coefficient (Wildman–Crippen LogP) is -13.7. The van der Waals surface area contributed by atoms with E-state index in [1.165, 1.54) is 16.7 Å². The zero-order chi connectivity index (χ0) is 110. The number of nitrogens with zero attached hydrogens (tertiary/aromatic N) is 3. The van der Waals surface area contributed by atoms with Crippen molar-refractivity contribution in [2.75, 3.05) is 308 Å². The number of aliphatic hydroxyl groups is 20. The van der Waals surface area contributed by atoms with Crippen LogP contribution in [0.3, 0.4) is 0 Å². The van der Waals surface area contributed by atoms with Gasteiger partial charge in [-0.1, -0.05) is 20.3 Å². The molecule has 0 saturated carbocycles. The normalized spacial score (nSPS) is 16.5. The molecule has 9 amide bonds. The first-order valence-corrected chi connectivity index (χ1v) is 49.9. The third-order valence-electron chi connectivity index (χ3n) is 22.2. The Balaban J connectivity index is 1.84. The lowest BCUT2D eigenvalue weighted by atomic mass is 10.0. The van der Waals surface area contributed by atoms with Crippen LogP contribution in [-0.4, -0.2) is 589 Å². The van der Waals surface area contributed by atoms with Crippen molar-refractivity contribution in [3.63, 3.8) is 0 Å². The summed E-state index contributed by atoms with van der Waals surface area (Å²) in [6.45, 7) is 5.57. The Labute approximate surface area is 866 Å².